The lowest BCUT2D eigenvalue weighted by Gasteiger charge is -2.06. The van der Waals surface area contributed by atoms with Crippen molar-refractivity contribution >= 4 is 6.08 Å². The van der Waals surface area contributed by atoms with E-state index in [-0.39, 0.29) is 11.9 Å². The average molecular weight is 285 g/mol. The minimum absolute atomic E-state index is 0.180. The first kappa shape index (κ1) is 15.3. The Labute approximate surface area is 125 Å². The molecule has 2 aromatic rings. The summed E-state index contributed by atoms with van der Waals surface area (Å²) in [5.74, 6) is 0.561. The summed E-state index contributed by atoms with van der Waals surface area (Å²) in [4.78, 5) is 0. The van der Waals surface area contributed by atoms with Gasteiger partial charge in [0.1, 0.15) is 18.2 Å². The molecular weight excluding hydrogens is 265 g/mol. The summed E-state index contributed by atoms with van der Waals surface area (Å²) < 4.78 is 18.5. The van der Waals surface area contributed by atoms with E-state index < -0.39 is 0 Å². The normalized spacial score (nSPS) is 12.5. The van der Waals surface area contributed by atoms with Gasteiger partial charge in [-0.2, -0.15) is 0 Å². The van der Waals surface area contributed by atoms with E-state index in [4.69, 9.17) is 10.5 Å². The molecule has 0 radical (unpaired) electrons. The van der Waals surface area contributed by atoms with Crippen molar-refractivity contribution in [2.24, 2.45) is 5.73 Å². The lowest BCUT2D eigenvalue weighted by molar-refractivity contribution is 0.306. The number of hydrogen-bond acceptors (Lipinski definition) is 2. The lowest BCUT2D eigenvalue weighted by Crippen LogP contribution is -2.12. The second-order valence-corrected chi connectivity index (χ2v) is 5.10. The predicted molar refractivity (Wildman–Crippen MR) is 84.5 cm³/mol. The number of benzene rings is 2. The van der Waals surface area contributed by atoms with Gasteiger partial charge in [0.15, 0.2) is 0 Å². The third kappa shape index (κ3) is 5.40. The highest BCUT2D eigenvalue weighted by Crippen LogP contribution is 2.15. The molecule has 0 aliphatic carbocycles. The summed E-state index contributed by atoms with van der Waals surface area (Å²) in [7, 11) is 0. The van der Waals surface area contributed by atoms with Gasteiger partial charge in [-0.3, -0.25) is 0 Å². The van der Waals surface area contributed by atoms with Gasteiger partial charge in [0.25, 0.3) is 0 Å². The van der Waals surface area contributed by atoms with Crippen molar-refractivity contribution in [3.8, 4) is 5.75 Å². The molecular formula is C18H20FNO. The van der Waals surface area contributed by atoms with Crippen LogP contribution in [0.3, 0.4) is 0 Å². The highest BCUT2D eigenvalue weighted by molar-refractivity contribution is 5.50. The zero-order chi connectivity index (χ0) is 15.1. The van der Waals surface area contributed by atoms with Crippen LogP contribution >= 0.6 is 0 Å². The van der Waals surface area contributed by atoms with Crippen molar-refractivity contribution in [1.29, 1.82) is 0 Å². The smallest absolute Gasteiger partial charge is 0.123 e. The first-order valence-corrected chi connectivity index (χ1v) is 7.03. The Morgan fingerprint density at radius 1 is 1.10 bits per heavy atom. The van der Waals surface area contributed by atoms with Crippen molar-refractivity contribution in [3.05, 3.63) is 71.6 Å². The van der Waals surface area contributed by atoms with Gasteiger partial charge in [0.05, 0.1) is 0 Å². The fourth-order valence-electron chi connectivity index (χ4n) is 1.84. The Kier molecular flexibility index (Phi) is 5.52. The molecule has 0 fully saturated rings. The molecule has 0 bridgehead atoms. The van der Waals surface area contributed by atoms with Crippen LogP contribution < -0.4 is 10.5 Å². The quantitative estimate of drug-likeness (QED) is 0.865. The number of nitrogens with two attached hydrogens (primary N) is 1. The maximum absolute atomic E-state index is 12.8. The van der Waals surface area contributed by atoms with Gasteiger partial charge >= 0.3 is 0 Å². The Morgan fingerprint density at radius 3 is 2.38 bits per heavy atom. The SMILES string of the molecule is CC(N)CC=Cc1ccc(OCc2ccc(F)cc2)cc1. The minimum Gasteiger partial charge on any atom is -0.489 e. The van der Waals surface area contributed by atoms with Crippen LogP contribution in [-0.2, 0) is 6.61 Å². The predicted octanol–water partition coefficient (Wildman–Crippen LogP) is 4.16. The molecule has 110 valence electrons. The molecule has 0 aromatic heterocycles. The molecule has 0 spiro atoms. The van der Waals surface area contributed by atoms with Gasteiger partial charge in [-0.15, -0.1) is 0 Å². The second-order valence-electron chi connectivity index (χ2n) is 5.10. The molecule has 0 heterocycles. The summed E-state index contributed by atoms with van der Waals surface area (Å²) in [6.45, 7) is 2.41. The Morgan fingerprint density at radius 2 is 1.76 bits per heavy atom. The maximum atomic E-state index is 12.8. The first-order chi connectivity index (χ1) is 10.1. The Balaban J connectivity index is 1.87. The third-order valence-electron chi connectivity index (χ3n) is 3.02. The fourth-order valence-corrected chi connectivity index (χ4v) is 1.84. The molecule has 0 amide bonds. The monoisotopic (exact) mass is 285 g/mol. The molecule has 2 nitrogen and oxygen atoms in total. The van der Waals surface area contributed by atoms with Crippen LogP contribution in [0.25, 0.3) is 6.08 Å². The molecule has 2 N–H and O–H groups in total. The molecule has 21 heavy (non-hydrogen) atoms. The van der Waals surface area contributed by atoms with E-state index in [0.29, 0.717) is 6.61 Å². The summed E-state index contributed by atoms with van der Waals surface area (Å²) in [5.41, 5.74) is 7.75. The molecule has 1 unspecified atom stereocenters. The molecule has 2 rings (SSSR count). The number of ether oxygens (including phenoxy) is 1. The standard InChI is InChI=1S/C18H20FNO/c1-14(20)3-2-4-15-7-11-18(12-8-15)21-13-16-5-9-17(19)10-6-16/h2,4-12,14H,3,13,20H2,1H3. The van der Waals surface area contributed by atoms with Crippen LogP contribution in [0.2, 0.25) is 0 Å². The van der Waals surface area contributed by atoms with E-state index in [1.165, 1.54) is 12.1 Å². The number of rotatable bonds is 6. The maximum Gasteiger partial charge on any atom is 0.123 e. The van der Waals surface area contributed by atoms with Gasteiger partial charge in [-0.1, -0.05) is 36.4 Å². The van der Waals surface area contributed by atoms with Gasteiger partial charge in [0.2, 0.25) is 0 Å². The summed E-state index contributed by atoms with van der Waals surface area (Å²) in [5, 5.41) is 0. The van der Waals surface area contributed by atoms with Crippen molar-refractivity contribution in [2.75, 3.05) is 0 Å². The van der Waals surface area contributed by atoms with E-state index in [1.807, 2.05) is 37.3 Å². The Hall–Kier alpha value is -2.13. The van der Waals surface area contributed by atoms with Crippen molar-refractivity contribution in [2.45, 2.75) is 26.0 Å². The highest BCUT2D eigenvalue weighted by atomic mass is 19.1. The molecule has 0 saturated heterocycles. The zero-order valence-electron chi connectivity index (χ0n) is 12.1. The van der Waals surface area contributed by atoms with Crippen LogP contribution in [0.1, 0.15) is 24.5 Å². The van der Waals surface area contributed by atoms with Crippen molar-refractivity contribution in [3.63, 3.8) is 0 Å². The van der Waals surface area contributed by atoms with Gasteiger partial charge in [-0.25, -0.2) is 4.39 Å². The van der Waals surface area contributed by atoms with Crippen LogP contribution in [0.5, 0.6) is 5.75 Å². The summed E-state index contributed by atoms with van der Waals surface area (Å²) in [6.07, 6.45) is 4.98. The average Bonchev–Trinajstić information content (AvgIpc) is 2.48. The molecule has 1 atom stereocenters. The number of hydrogen-bond donors (Lipinski definition) is 1. The summed E-state index contributed by atoms with van der Waals surface area (Å²) >= 11 is 0. The fraction of sp³-hybridized carbons (Fsp3) is 0.222. The first-order valence-electron chi connectivity index (χ1n) is 7.03. The lowest BCUT2D eigenvalue weighted by atomic mass is 10.1. The van der Waals surface area contributed by atoms with E-state index >= 15 is 0 Å². The van der Waals surface area contributed by atoms with E-state index in [0.717, 1.165) is 23.3 Å². The van der Waals surface area contributed by atoms with Crippen molar-refractivity contribution < 1.29 is 9.13 Å². The van der Waals surface area contributed by atoms with E-state index in [9.17, 15) is 4.39 Å². The van der Waals surface area contributed by atoms with Crippen molar-refractivity contribution in [1.82, 2.24) is 0 Å². The van der Waals surface area contributed by atoms with Gasteiger partial charge in [-0.05, 0) is 48.7 Å². The van der Waals surface area contributed by atoms with Gasteiger partial charge in [0, 0.05) is 6.04 Å². The topological polar surface area (TPSA) is 35.2 Å². The van der Waals surface area contributed by atoms with E-state index in [2.05, 4.69) is 6.08 Å². The number of halogens is 1. The molecule has 0 saturated carbocycles. The van der Waals surface area contributed by atoms with Gasteiger partial charge < -0.3 is 10.5 Å². The highest BCUT2D eigenvalue weighted by Gasteiger charge is 1.97. The summed E-state index contributed by atoms with van der Waals surface area (Å²) in [6, 6.07) is 14.3. The molecule has 0 aliphatic rings. The Bertz CT molecular complexity index is 573. The zero-order valence-corrected chi connectivity index (χ0v) is 12.1. The van der Waals surface area contributed by atoms with Crippen LogP contribution in [0.4, 0.5) is 4.39 Å². The second kappa shape index (κ2) is 7.60. The van der Waals surface area contributed by atoms with Crippen LogP contribution in [0.15, 0.2) is 54.6 Å². The van der Waals surface area contributed by atoms with E-state index in [1.54, 1.807) is 12.1 Å². The third-order valence-corrected chi connectivity index (χ3v) is 3.02. The molecule has 2 aromatic carbocycles. The minimum atomic E-state index is -0.235. The largest absolute Gasteiger partial charge is 0.489 e. The molecule has 0 aliphatic heterocycles. The molecule has 3 heteroatoms. The van der Waals surface area contributed by atoms with Crippen LogP contribution in [-0.4, -0.2) is 6.04 Å². The van der Waals surface area contributed by atoms with Crippen LogP contribution in [0, 0.1) is 5.82 Å².